The van der Waals surface area contributed by atoms with E-state index in [0.717, 1.165) is 0 Å². The molecule has 0 spiro atoms. The maximum Gasteiger partial charge on any atom is 0.281 e. The fraction of sp³-hybridized carbons (Fsp3) is 0.0588. The molecule has 0 fully saturated rings. The van der Waals surface area contributed by atoms with Gasteiger partial charge in [0.1, 0.15) is 5.70 Å². The van der Waals surface area contributed by atoms with Crippen molar-refractivity contribution < 1.29 is 19.4 Å². The minimum atomic E-state index is -0.661. The van der Waals surface area contributed by atoms with Crippen LogP contribution in [0.1, 0.15) is 15.9 Å². The molecule has 5 N–H and O–H groups in total. The molecule has 0 atom stereocenters. The standard InChI is InChI=1S/C17H17N3O4/c1-24-15-10-11(7-8-14(15)21)9-13(17(23)20-18)19-16(22)12-5-3-2-4-6-12/h2-10,21H,18H2,1H3,(H,19,22)(H,20,23)/b13-9+. The van der Waals surface area contributed by atoms with Gasteiger partial charge in [-0.1, -0.05) is 24.3 Å². The second-order valence-corrected chi connectivity index (χ2v) is 4.78. The molecule has 124 valence electrons. The number of ether oxygens (including phenoxy) is 1. The minimum Gasteiger partial charge on any atom is -0.504 e. The van der Waals surface area contributed by atoms with Crippen LogP contribution in [0.15, 0.2) is 54.2 Å². The van der Waals surface area contributed by atoms with Crippen molar-refractivity contribution in [3.63, 3.8) is 0 Å². The maximum atomic E-state index is 12.2. The first-order valence-electron chi connectivity index (χ1n) is 7.01. The number of methoxy groups -OCH3 is 1. The lowest BCUT2D eigenvalue weighted by Gasteiger charge is -2.10. The molecular formula is C17H17N3O4. The molecule has 2 aromatic carbocycles. The van der Waals surface area contributed by atoms with Gasteiger partial charge in [0.2, 0.25) is 0 Å². The third-order valence-electron chi connectivity index (χ3n) is 3.17. The number of hydrogen-bond donors (Lipinski definition) is 4. The summed E-state index contributed by atoms with van der Waals surface area (Å²) in [4.78, 5) is 24.1. The van der Waals surface area contributed by atoms with Gasteiger partial charge in [-0.15, -0.1) is 0 Å². The Morgan fingerprint density at radius 3 is 2.50 bits per heavy atom. The van der Waals surface area contributed by atoms with Gasteiger partial charge in [0, 0.05) is 5.56 Å². The zero-order valence-electron chi connectivity index (χ0n) is 12.9. The number of amides is 2. The lowest BCUT2D eigenvalue weighted by Crippen LogP contribution is -2.38. The van der Waals surface area contributed by atoms with E-state index in [0.29, 0.717) is 11.1 Å². The molecule has 0 aliphatic heterocycles. The molecule has 24 heavy (non-hydrogen) atoms. The van der Waals surface area contributed by atoms with E-state index in [4.69, 9.17) is 10.6 Å². The molecule has 0 aliphatic carbocycles. The lowest BCUT2D eigenvalue weighted by atomic mass is 10.1. The van der Waals surface area contributed by atoms with Crippen molar-refractivity contribution >= 4 is 17.9 Å². The predicted octanol–water partition coefficient (Wildman–Crippen LogP) is 1.16. The van der Waals surface area contributed by atoms with Crippen LogP contribution in [-0.2, 0) is 4.79 Å². The molecule has 0 unspecified atom stereocenters. The Kier molecular flexibility index (Phi) is 5.54. The number of nitrogens with two attached hydrogens (primary N) is 1. The second kappa shape index (κ2) is 7.80. The number of benzene rings is 2. The zero-order chi connectivity index (χ0) is 17.5. The van der Waals surface area contributed by atoms with Crippen LogP contribution >= 0.6 is 0 Å². The molecule has 0 radical (unpaired) electrons. The van der Waals surface area contributed by atoms with Gasteiger partial charge in [-0.25, -0.2) is 5.84 Å². The van der Waals surface area contributed by atoms with Crippen molar-refractivity contribution in [2.75, 3.05) is 7.11 Å². The van der Waals surface area contributed by atoms with Crippen LogP contribution in [0.5, 0.6) is 11.5 Å². The number of nitrogens with one attached hydrogen (secondary N) is 2. The number of hydrogen-bond acceptors (Lipinski definition) is 5. The molecule has 0 aliphatic rings. The molecule has 0 saturated heterocycles. The van der Waals surface area contributed by atoms with E-state index in [1.165, 1.54) is 25.3 Å². The Morgan fingerprint density at radius 2 is 1.88 bits per heavy atom. The van der Waals surface area contributed by atoms with Gasteiger partial charge < -0.3 is 15.2 Å². The number of carbonyl (C=O) groups is 2. The van der Waals surface area contributed by atoms with Gasteiger partial charge >= 0.3 is 0 Å². The van der Waals surface area contributed by atoms with E-state index in [1.54, 1.807) is 36.4 Å². The Morgan fingerprint density at radius 1 is 1.17 bits per heavy atom. The third-order valence-corrected chi connectivity index (χ3v) is 3.17. The van der Waals surface area contributed by atoms with Crippen LogP contribution in [0.4, 0.5) is 0 Å². The summed E-state index contributed by atoms with van der Waals surface area (Å²) in [6.45, 7) is 0. The van der Waals surface area contributed by atoms with Crippen LogP contribution in [0.25, 0.3) is 6.08 Å². The Labute approximate surface area is 138 Å². The van der Waals surface area contributed by atoms with E-state index in [9.17, 15) is 14.7 Å². The average Bonchev–Trinajstić information content (AvgIpc) is 2.62. The smallest absolute Gasteiger partial charge is 0.281 e. The van der Waals surface area contributed by atoms with Gasteiger partial charge in [0.05, 0.1) is 7.11 Å². The highest BCUT2D eigenvalue weighted by molar-refractivity contribution is 6.05. The van der Waals surface area contributed by atoms with Crippen molar-refractivity contribution in [2.45, 2.75) is 0 Å². The molecule has 2 amide bonds. The Hall–Kier alpha value is -3.32. The average molecular weight is 327 g/mol. The van der Waals surface area contributed by atoms with Gasteiger partial charge in [-0.05, 0) is 35.9 Å². The summed E-state index contributed by atoms with van der Waals surface area (Å²) >= 11 is 0. The molecular weight excluding hydrogens is 310 g/mol. The molecule has 2 aromatic rings. The van der Waals surface area contributed by atoms with Gasteiger partial charge in [0.25, 0.3) is 11.8 Å². The second-order valence-electron chi connectivity index (χ2n) is 4.78. The van der Waals surface area contributed by atoms with Crippen LogP contribution in [0, 0.1) is 0 Å². The summed E-state index contributed by atoms with van der Waals surface area (Å²) < 4.78 is 5.01. The SMILES string of the molecule is COc1cc(/C=C(/NC(=O)c2ccccc2)C(=O)NN)ccc1O. The third kappa shape index (κ3) is 4.11. The fourth-order valence-electron chi connectivity index (χ4n) is 1.97. The summed E-state index contributed by atoms with van der Waals surface area (Å²) in [6.07, 6.45) is 1.42. The Balaban J connectivity index is 2.31. The van der Waals surface area contributed by atoms with Crippen molar-refractivity contribution in [3.8, 4) is 11.5 Å². The van der Waals surface area contributed by atoms with Crippen molar-refractivity contribution in [2.24, 2.45) is 5.84 Å². The number of phenolic OH excluding ortho intramolecular Hbond substituents is 1. The first-order chi connectivity index (χ1) is 11.5. The van der Waals surface area contributed by atoms with Crippen LogP contribution in [0.2, 0.25) is 0 Å². The van der Waals surface area contributed by atoms with Crippen molar-refractivity contribution in [1.82, 2.24) is 10.7 Å². The highest BCUT2D eigenvalue weighted by Gasteiger charge is 2.14. The Bertz CT molecular complexity index is 773. The van der Waals surface area contributed by atoms with Crippen LogP contribution in [-0.4, -0.2) is 24.0 Å². The molecule has 7 heteroatoms. The highest BCUT2D eigenvalue weighted by Crippen LogP contribution is 2.27. The zero-order valence-corrected chi connectivity index (χ0v) is 12.9. The highest BCUT2D eigenvalue weighted by atomic mass is 16.5. The number of rotatable bonds is 5. The number of hydrazine groups is 1. The molecule has 0 aromatic heterocycles. The maximum absolute atomic E-state index is 12.2. The quantitative estimate of drug-likeness (QED) is 0.285. The molecule has 0 bridgehead atoms. The van der Waals surface area contributed by atoms with Crippen molar-refractivity contribution in [1.29, 1.82) is 0 Å². The molecule has 2 rings (SSSR count). The summed E-state index contributed by atoms with van der Waals surface area (Å²) in [5, 5.41) is 12.1. The molecule has 0 heterocycles. The monoisotopic (exact) mass is 327 g/mol. The molecule has 7 nitrogen and oxygen atoms in total. The number of carbonyl (C=O) groups excluding carboxylic acids is 2. The molecule has 0 saturated carbocycles. The first-order valence-corrected chi connectivity index (χ1v) is 7.01. The van der Waals surface area contributed by atoms with E-state index in [2.05, 4.69) is 5.32 Å². The number of phenols is 1. The van der Waals surface area contributed by atoms with E-state index in [-0.39, 0.29) is 17.2 Å². The normalized spacial score (nSPS) is 10.8. The summed E-state index contributed by atoms with van der Waals surface area (Å²) in [5.41, 5.74) is 2.88. The van der Waals surface area contributed by atoms with Crippen molar-refractivity contribution in [3.05, 3.63) is 65.4 Å². The van der Waals surface area contributed by atoms with Crippen LogP contribution < -0.4 is 21.3 Å². The fourth-order valence-corrected chi connectivity index (χ4v) is 1.97. The number of aromatic hydroxyl groups is 1. The predicted molar refractivity (Wildman–Crippen MR) is 88.9 cm³/mol. The summed E-state index contributed by atoms with van der Waals surface area (Å²) in [7, 11) is 1.41. The summed E-state index contributed by atoms with van der Waals surface area (Å²) in [5.74, 6) is 4.26. The van der Waals surface area contributed by atoms with E-state index in [1.807, 2.05) is 5.43 Å². The van der Waals surface area contributed by atoms with Crippen LogP contribution in [0.3, 0.4) is 0 Å². The first kappa shape index (κ1) is 17.0. The van der Waals surface area contributed by atoms with Gasteiger partial charge in [-0.2, -0.15) is 0 Å². The topological polar surface area (TPSA) is 114 Å². The van der Waals surface area contributed by atoms with Gasteiger partial charge in [-0.3, -0.25) is 15.0 Å². The lowest BCUT2D eigenvalue weighted by molar-refractivity contribution is -0.117. The minimum absolute atomic E-state index is 0.0344. The largest absolute Gasteiger partial charge is 0.504 e. The van der Waals surface area contributed by atoms with E-state index < -0.39 is 11.8 Å². The summed E-state index contributed by atoms with van der Waals surface area (Å²) in [6, 6.07) is 13.0. The van der Waals surface area contributed by atoms with Gasteiger partial charge in [0.15, 0.2) is 11.5 Å². The van der Waals surface area contributed by atoms with E-state index >= 15 is 0 Å².